The van der Waals surface area contributed by atoms with Gasteiger partial charge in [0.1, 0.15) is 11.5 Å². The maximum atomic E-state index is 12.2. The first-order valence-electron chi connectivity index (χ1n) is 16.3. The molecule has 4 heteroatoms. The fourth-order valence-electron chi connectivity index (χ4n) is 5.97. The van der Waals surface area contributed by atoms with E-state index in [4.69, 9.17) is 4.74 Å². The minimum atomic E-state index is -1.76. The Morgan fingerprint density at radius 2 is 1.21 bits per heavy atom. The zero-order valence-corrected chi connectivity index (χ0v) is 30.8. The van der Waals surface area contributed by atoms with E-state index in [1.165, 1.54) is 40.5 Å². The number of phenols is 1. The van der Waals surface area contributed by atoms with Crippen molar-refractivity contribution in [3.63, 3.8) is 0 Å². The Bertz CT molecular complexity index is 1310. The second-order valence-corrected chi connectivity index (χ2v) is 25.5. The highest BCUT2D eigenvalue weighted by Gasteiger charge is 2.30. The van der Waals surface area contributed by atoms with Crippen molar-refractivity contribution in [2.24, 2.45) is 0 Å². The van der Waals surface area contributed by atoms with Crippen molar-refractivity contribution < 1.29 is 9.84 Å². The Morgan fingerprint density at radius 1 is 0.690 bits per heavy atom. The number of ether oxygens (including phenoxy) is 1. The SMILES string of the molecule is CCC[Si](C)(C)c1cc(-c2cc(C(C)(C)C)cc(C(C)(C)C)c2)c(O)c(-c2ccccc2OC[Si](CC)(CC)CC)c1. The number of phenolic OH excluding ortho intramolecular Hbond substituents is 1. The zero-order chi connectivity index (χ0) is 31.5. The van der Waals surface area contributed by atoms with Crippen molar-refractivity contribution in [1.29, 1.82) is 0 Å². The molecule has 0 heterocycles. The van der Waals surface area contributed by atoms with Crippen LogP contribution < -0.4 is 9.92 Å². The van der Waals surface area contributed by atoms with Gasteiger partial charge in [0, 0.05) is 16.7 Å². The Balaban J connectivity index is 2.33. The third-order valence-electron chi connectivity index (χ3n) is 9.70. The molecule has 0 spiro atoms. The summed E-state index contributed by atoms with van der Waals surface area (Å²) in [4.78, 5) is 0. The van der Waals surface area contributed by atoms with Gasteiger partial charge in [0.2, 0.25) is 0 Å². The molecule has 1 N–H and O–H groups in total. The summed E-state index contributed by atoms with van der Waals surface area (Å²) in [6.07, 6.45) is 1.98. The Kier molecular flexibility index (Phi) is 10.7. The average molecular weight is 603 g/mol. The van der Waals surface area contributed by atoms with Gasteiger partial charge in [-0.1, -0.05) is 167 Å². The molecule has 230 valence electrons. The first kappa shape index (κ1) is 34.2. The van der Waals surface area contributed by atoms with Gasteiger partial charge in [-0.15, -0.1) is 0 Å². The summed E-state index contributed by atoms with van der Waals surface area (Å²) in [5.41, 5.74) is 6.51. The van der Waals surface area contributed by atoms with Crippen LogP contribution in [-0.4, -0.2) is 27.5 Å². The van der Waals surface area contributed by atoms with Crippen LogP contribution in [0.3, 0.4) is 0 Å². The van der Waals surface area contributed by atoms with Crippen LogP contribution in [0, 0.1) is 0 Å². The number of hydrogen-bond acceptors (Lipinski definition) is 2. The monoisotopic (exact) mass is 602 g/mol. The number of hydrogen-bond donors (Lipinski definition) is 1. The molecule has 0 atom stereocenters. The predicted octanol–water partition coefficient (Wildman–Crippen LogP) is 11.1. The smallest absolute Gasteiger partial charge is 0.131 e. The van der Waals surface area contributed by atoms with Crippen LogP contribution in [0.4, 0.5) is 0 Å². The van der Waals surface area contributed by atoms with Crippen LogP contribution in [0.2, 0.25) is 37.3 Å². The first-order valence-corrected chi connectivity index (χ1v) is 22.3. The molecule has 2 nitrogen and oxygen atoms in total. The lowest BCUT2D eigenvalue weighted by Crippen LogP contribution is -2.41. The molecular weight excluding hydrogens is 545 g/mol. The zero-order valence-electron chi connectivity index (χ0n) is 28.8. The Labute approximate surface area is 260 Å². The van der Waals surface area contributed by atoms with E-state index in [0.29, 0.717) is 5.75 Å². The topological polar surface area (TPSA) is 29.5 Å². The minimum Gasteiger partial charge on any atom is -0.507 e. The van der Waals surface area contributed by atoms with Crippen LogP contribution >= 0.6 is 0 Å². The van der Waals surface area contributed by atoms with Crippen molar-refractivity contribution >= 4 is 21.3 Å². The molecule has 3 rings (SSSR count). The van der Waals surface area contributed by atoms with E-state index < -0.39 is 16.1 Å². The third-order valence-corrected chi connectivity index (χ3v) is 18.6. The quantitative estimate of drug-likeness (QED) is 0.221. The number of aromatic hydroxyl groups is 1. The molecule has 0 aliphatic carbocycles. The molecule has 3 aromatic carbocycles. The molecule has 0 bridgehead atoms. The lowest BCUT2D eigenvalue weighted by atomic mass is 9.78. The van der Waals surface area contributed by atoms with Gasteiger partial charge in [-0.05, 0) is 33.6 Å². The Hall–Kier alpha value is -2.31. The maximum Gasteiger partial charge on any atom is 0.131 e. The fourth-order valence-corrected chi connectivity index (χ4v) is 11.2. The van der Waals surface area contributed by atoms with E-state index in [-0.39, 0.29) is 10.8 Å². The van der Waals surface area contributed by atoms with Crippen molar-refractivity contribution in [1.82, 2.24) is 0 Å². The van der Waals surface area contributed by atoms with E-state index in [1.807, 2.05) is 0 Å². The van der Waals surface area contributed by atoms with Gasteiger partial charge >= 0.3 is 0 Å². The van der Waals surface area contributed by atoms with Gasteiger partial charge in [-0.3, -0.25) is 0 Å². The normalized spacial score (nSPS) is 13.0. The highest BCUT2D eigenvalue weighted by molar-refractivity contribution is 6.90. The number of rotatable bonds is 11. The molecule has 0 amide bonds. The lowest BCUT2D eigenvalue weighted by Gasteiger charge is -2.29. The maximum absolute atomic E-state index is 12.2. The molecule has 0 unspecified atom stereocenters. The highest BCUT2D eigenvalue weighted by atomic mass is 28.3. The molecule has 0 fully saturated rings. The third kappa shape index (κ3) is 7.60. The predicted molar refractivity (Wildman–Crippen MR) is 191 cm³/mol. The second kappa shape index (κ2) is 13.1. The molecule has 0 saturated carbocycles. The average Bonchev–Trinajstić information content (AvgIpc) is 2.93. The van der Waals surface area contributed by atoms with Gasteiger partial charge in [0.25, 0.3) is 0 Å². The molecule has 42 heavy (non-hydrogen) atoms. The van der Waals surface area contributed by atoms with Gasteiger partial charge in [-0.2, -0.15) is 0 Å². The molecule has 0 saturated heterocycles. The van der Waals surface area contributed by atoms with Crippen molar-refractivity contribution in [2.45, 2.75) is 124 Å². The van der Waals surface area contributed by atoms with E-state index in [2.05, 4.69) is 137 Å². The standard InChI is InChI=1S/C38H58O2Si2/c1-13-21-41(11,12)31-25-33(28-22-29(37(5,6)7)24-30(23-28)38(8,9)10)36(39)34(26-31)32-19-17-18-20-35(32)40-27-42(14-2,15-3)16-4/h17-20,22-26,39H,13-16,21,27H2,1-12H3. The molecule has 0 radical (unpaired) electrons. The van der Waals surface area contributed by atoms with E-state index >= 15 is 0 Å². The summed E-state index contributed by atoms with van der Waals surface area (Å²) in [7, 11) is -3.24. The van der Waals surface area contributed by atoms with Gasteiger partial charge in [-0.25, -0.2) is 0 Å². The lowest BCUT2D eigenvalue weighted by molar-refractivity contribution is 0.376. The molecule has 0 aliphatic rings. The minimum absolute atomic E-state index is 0.00302. The van der Waals surface area contributed by atoms with Crippen molar-refractivity contribution in [3.05, 3.63) is 65.7 Å². The van der Waals surface area contributed by atoms with E-state index in [0.717, 1.165) is 40.7 Å². The largest absolute Gasteiger partial charge is 0.507 e. The van der Waals surface area contributed by atoms with Crippen LogP contribution in [0.1, 0.15) is 86.8 Å². The van der Waals surface area contributed by atoms with Gasteiger partial charge in [0.15, 0.2) is 0 Å². The van der Waals surface area contributed by atoms with E-state index in [9.17, 15) is 5.11 Å². The molecular formula is C38H58O2Si2. The van der Waals surface area contributed by atoms with E-state index in [1.54, 1.807) is 0 Å². The summed E-state index contributed by atoms with van der Waals surface area (Å²) in [5, 5.41) is 13.6. The van der Waals surface area contributed by atoms with Crippen molar-refractivity contribution in [2.75, 3.05) is 6.23 Å². The summed E-state index contributed by atoms with van der Waals surface area (Å²) in [5.74, 6) is 1.24. The van der Waals surface area contributed by atoms with Crippen molar-refractivity contribution in [3.8, 4) is 33.8 Å². The molecule has 3 aromatic rings. The van der Waals surface area contributed by atoms with Crippen LogP contribution in [0.25, 0.3) is 22.3 Å². The summed E-state index contributed by atoms with van der Waals surface area (Å²) >= 11 is 0. The summed E-state index contributed by atoms with van der Waals surface area (Å²) in [6.45, 7) is 27.9. The highest BCUT2D eigenvalue weighted by Crippen LogP contribution is 2.44. The first-order chi connectivity index (χ1) is 19.5. The molecule has 0 aliphatic heterocycles. The van der Waals surface area contributed by atoms with Crippen LogP contribution in [0.5, 0.6) is 11.5 Å². The summed E-state index contributed by atoms with van der Waals surface area (Å²) in [6, 6.07) is 24.8. The van der Waals surface area contributed by atoms with Gasteiger partial charge < -0.3 is 9.84 Å². The van der Waals surface area contributed by atoms with Crippen LogP contribution in [0.15, 0.2) is 54.6 Å². The number of para-hydroxylation sites is 1. The fraction of sp³-hybridized carbons (Fsp3) is 0.526. The van der Waals surface area contributed by atoms with Crippen LogP contribution in [-0.2, 0) is 10.8 Å². The number of benzene rings is 3. The molecule has 0 aromatic heterocycles. The Morgan fingerprint density at radius 3 is 1.71 bits per heavy atom. The second-order valence-electron chi connectivity index (χ2n) is 15.2. The van der Waals surface area contributed by atoms with Gasteiger partial charge in [0.05, 0.1) is 22.4 Å². The summed E-state index contributed by atoms with van der Waals surface area (Å²) < 4.78 is 6.69.